The van der Waals surface area contributed by atoms with Gasteiger partial charge in [0.2, 0.25) is 0 Å². The van der Waals surface area contributed by atoms with Crippen LogP contribution in [0.15, 0.2) is 57.6 Å². The van der Waals surface area contributed by atoms with Crippen LogP contribution in [0.2, 0.25) is 0 Å². The minimum atomic E-state index is -0.0286. The van der Waals surface area contributed by atoms with Crippen LogP contribution >= 0.6 is 0 Å². The van der Waals surface area contributed by atoms with Gasteiger partial charge in [-0.25, -0.2) is 4.98 Å². The van der Waals surface area contributed by atoms with Crippen LogP contribution in [0.1, 0.15) is 44.3 Å². The fourth-order valence-electron chi connectivity index (χ4n) is 2.74. The summed E-state index contributed by atoms with van der Waals surface area (Å²) in [6.45, 7) is 6.10. The highest BCUT2D eigenvalue weighted by molar-refractivity contribution is 5.77. The zero-order valence-electron chi connectivity index (χ0n) is 14.9. The van der Waals surface area contributed by atoms with E-state index in [1.807, 2.05) is 63.2 Å². The first-order valence-corrected chi connectivity index (χ1v) is 8.65. The number of benzene rings is 1. The van der Waals surface area contributed by atoms with Gasteiger partial charge in [-0.05, 0) is 31.2 Å². The molecule has 1 aromatic carbocycles. The van der Waals surface area contributed by atoms with Crippen molar-refractivity contribution in [1.82, 2.24) is 15.1 Å². The van der Waals surface area contributed by atoms with Crippen molar-refractivity contribution < 1.29 is 8.94 Å². The normalized spacial score (nSPS) is 12.6. The van der Waals surface area contributed by atoms with Gasteiger partial charge in [-0.15, -0.1) is 0 Å². The van der Waals surface area contributed by atoms with Gasteiger partial charge in [-0.1, -0.05) is 37.2 Å². The summed E-state index contributed by atoms with van der Waals surface area (Å²) in [6.07, 6.45) is 1.72. The molecule has 26 heavy (non-hydrogen) atoms. The van der Waals surface area contributed by atoms with E-state index in [0.717, 1.165) is 28.1 Å². The van der Waals surface area contributed by atoms with E-state index in [9.17, 15) is 0 Å². The number of hydrogen-bond donors (Lipinski definition) is 1. The molecule has 0 saturated carbocycles. The lowest BCUT2D eigenvalue weighted by Crippen LogP contribution is -2.06. The van der Waals surface area contributed by atoms with Gasteiger partial charge in [-0.2, -0.15) is 4.98 Å². The second-order valence-corrected chi connectivity index (χ2v) is 6.59. The Bertz CT molecular complexity index is 1000. The van der Waals surface area contributed by atoms with Gasteiger partial charge in [0, 0.05) is 23.1 Å². The molecule has 4 rings (SSSR count). The minimum Gasteiger partial charge on any atom is -0.459 e. The molecule has 132 valence electrons. The van der Waals surface area contributed by atoms with Gasteiger partial charge in [0.15, 0.2) is 5.82 Å². The zero-order chi connectivity index (χ0) is 18.1. The highest BCUT2D eigenvalue weighted by atomic mass is 16.5. The molecule has 3 heterocycles. The zero-order valence-corrected chi connectivity index (χ0v) is 14.9. The Kier molecular flexibility index (Phi) is 4.16. The Labute approximate surface area is 151 Å². The number of rotatable bonds is 5. The molecule has 3 aromatic heterocycles. The van der Waals surface area contributed by atoms with Crippen molar-refractivity contribution in [2.75, 3.05) is 5.32 Å². The van der Waals surface area contributed by atoms with Crippen LogP contribution in [0.5, 0.6) is 0 Å². The van der Waals surface area contributed by atoms with Crippen molar-refractivity contribution in [2.45, 2.75) is 32.7 Å². The molecule has 0 aliphatic heterocycles. The SMILES string of the molecule is CC(C)c1noc(-c2ccnc(N[C@H](C)c3cc4ccccc4o3)c2)n1. The largest absolute Gasteiger partial charge is 0.459 e. The van der Waals surface area contributed by atoms with Gasteiger partial charge < -0.3 is 14.3 Å². The molecule has 0 spiro atoms. The Balaban J connectivity index is 1.56. The van der Waals surface area contributed by atoms with Gasteiger partial charge in [-0.3, -0.25) is 0 Å². The minimum absolute atomic E-state index is 0.0286. The summed E-state index contributed by atoms with van der Waals surface area (Å²) in [5, 5.41) is 8.46. The van der Waals surface area contributed by atoms with E-state index in [1.165, 1.54) is 0 Å². The molecule has 0 aliphatic carbocycles. The summed E-state index contributed by atoms with van der Waals surface area (Å²) >= 11 is 0. The van der Waals surface area contributed by atoms with Gasteiger partial charge in [0.25, 0.3) is 5.89 Å². The first-order chi connectivity index (χ1) is 12.6. The Morgan fingerprint density at radius 1 is 1.04 bits per heavy atom. The number of furan rings is 1. The molecule has 0 bridgehead atoms. The maximum Gasteiger partial charge on any atom is 0.258 e. The van der Waals surface area contributed by atoms with Crippen molar-refractivity contribution in [3.63, 3.8) is 0 Å². The third-order valence-corrected chi connectivity index (χ3v) is 4.20. The lowest BCUT2D eigenvalue weighted by atomic mass is 10.2. The average Bonchev–Trinajstić information content (AvgIpc) is 3.29. The van der Waals surface area contributed by atoms with Crippen LogP contribution in [0.3, 0.4) is 0 Å². The topological polar surface area (TPSA) is 77.0 Å². The lowest BCUT2D eigenvalue weighted by molar-refractivity contribution is 0.419. The van der Waals surface area contributed by atoms with E-state index in [-0.39, 0.29) is 12.0 Å². The highest BCUT2D eigenvalue weighted by Gasteiger charge is 2.15. The van der Waals surface area contributed by atoms with Crippen LogP contribution in [-0.4, -0.2) is 15.1 Å². The van der Waals surface area contributed by atoms with Crippen molar-refractivity contribution in [1.29, 1.82) is 0 Å². The molecule has 4 aromatic rings. The molecule has 0 saturated heterocycles. The van der Waals surface area contributed by atoms with Crippen molar-refractivity contribution in [2.24, 2.45) is 0 Å². The van der Waals surface area contributed by atoms with Crippen LogP contribution in [-0.2, 0) is 0 Å². The number of aromatic nitrogens is 3. The molecule has 0 fully saturated rings. The average molecular weight is 348 g/mol. The number of para-hydroxylation sites is 1. The van der Waals surface area contributed by atoms with Crippen molar-refractivity contribution in [3.8, 4) is 11.5 Å². The highest BCUT2D eigenvalue weighted by Crippen LogP contribution is 2.27. The summed E-state index contributed by atoms with van der Waals surface area (Å²) < 4.78 is 11.3. The van der Waals surface area contributed by atoms with Gasteiger partial charge >= 0.3 is 0 Å². The molecule has 0 amide bonds. The van der Waals surface area contributed by atoms with Crippen molar-refractivity contribution in [3.05, 3.63) is 60.2 Å². The number of nitrogens with zero attached hydrogens (tertiary/aromatic N) is 3. The fraction of sp³-hybridized carbons (Fsp3) is 0.250. The molecule has 1 atom stereocenters. The first kappa shape index (κ1) is 16.3. The molecule has 0 unspecified atom stereocenters. The molecule has 0 aliphatic rings. The summed E-state index contributed by atoms with van der Waals surface area (Å²) in [5.41, 5.74) is 1.71. The second-order valence-electron chi connectivity index (χ2n) is 6.59. The van der Waals surface area contributed by atoms with E-state index in [0.29, 0.717) is 11.7 Å². The Morgan fingerprint density at radius 3 is 2.65 bits per heavy atom. The number of fused-ring (bicyclic) bond motifs is 1. The predicted octanol–water partition coefficient (Wildman–Crippen LogP) is 5.17. The number of hydrogen-bond acceptors (Lipinski definition) is 6. The fourth-order valence-corrected chi connectivity index (χ4v) is 2.74. The number of nitrogens with one attached hydrogen (secondary N) is 1. The number of anilines is 1. The Hall–Kier alpha value is -3.15. The monoisotopic (exact) mass is 348 g/mol. The molecule has 6 nitrogen and oxygen atoms in total. The quantitative estimate of drug-likeness (QED) is 0.536. The molecular formula is C20H20N4O2. The van der Waals surface area contributed by atoms with Crippen LogP contribution < -0.4 is 5.32 Å². The van der Waals surface area contributed by atoms with E-state index in [2.05, 4.69) is 20.4 Å². The summed E-state index contributed by atoms with van der Waals surface area (Å²) in [6, 6.07) is 13.7. The molecule has 6 heteroatoms. The van der Waals surface area contributed by atoms with Gasteiger partial charge in [0.05, 0.1) is 6.04 Å². The summed E-state index contributed by atoms with van der Waals surface area (Å²) in [5.74, 6) is 3.00. The Morgan fingerprint density at radius 2 is 1.88 bits per heavy atom. The van der Waals surface area contributed by atoms with E-state index in [1.54, 1.807) is 6.20 Å². The second kappa shape index (κ2) is 6.63. The maximum atomic E-state index is 5.92. The third-order valence-electron chi connectivity index (χ3n) is 4.20. The van der Waals surface area contributed by atoms with Crippen LogP contribution in [0.25, 0.3) is 22.4 Å². The molecular weight excluding hydrogens is 328 g/mol. The molecule has 1 N–H and O–H groups in total. The third kappa shape index (κ3) is 3.18. The van der Waals surface area contributed by atoms with E-state index in [4.69, 9.17) is 8.94 Å². The van der Waals surface area contributed by atoms with Crippen LogP contribution in [0.4, 0.5) is 5.82 Å². The van der Waals surface area contributed by atoms with Crippen LogP contribution in [0, 0.1) is 0 Å². The maximum absolute atomic E-state index is 5.92. The summed E-state index contributed by atoms with van der Waals surface area (Å²) in [4.78, 5) is 8.82. The molecule has 0 radical (unpaired) electrons. The standard InChI is InChI=1S/C20H20N4O2/c1-12(2)19-23-20(26-24-19)15-8-9-21-18(11-15)22-13(3)17-10-14-6-4-5-7-16(14)25-17/h4-13H,1-3H3,(H,21,22)/t13-/m1/s1. The smallest absolute Gasteiger partial charge is 0.258 e. The van der Waals surface area contributed by atoms with Crippen molar-refractivity contribution >= 4 is 16.8 Å². The van der Waals surface area contributed by atoms with Gasteiger partial charge in [0.1, 0.15) is 17.2 Å². The summed E-state index contributed by atoms with van der Waals surface area (Å²) in [7, 11) is 0. The lowest BCUT2D eigenvalue weighted by Gasteiger charge is -2.12. The van der Waals surface area contributed by atoms with E-state index < -0.39 is 0 Å². The van der Waals surface area contributed by atoms with E-state index >= 15 is 0 Å². The first-order valence-electron chi connectivity index (χ1n) is 8.65. The number of pyridine rings is 1. The predicted molar refractivity (Wildman–Crippen MR) is 99.9 cm³/mol.